The van der Waals surface area contributed by atoms with Gasteiger partial charge >= 0.3 is 17.6 Å². The van der Waals surface area contributed by atoms with Crippen molar-refractivity contribution in [1.29, 1.82) is 0 Å². The molecular weight excluding hydrogens is 391 g/mol. The second kappa shape index (κ2) is 17.2. The molecule has 0 aromatic heterocycles. The van der Waals surface area contributed by atoms with E-state index in [-0.39, 0.29) is 0 Å². The maximum atomic E-state index is 5.75. The first-order valence-corrected chi connectivity index (χ1v) is 13.4. The number of halogens is 2. The molecule has 0 fully saturated rings. The van der Waals surface area contributed by atoms with Gasteiger partial charge in [0.05, 0.1) is 11.0 Å². The van der Waals surface area contributed by atoms with Crippen molar-refractivity contribution in [2.24, 2.45) is 0 Å². The van der Waals surface area contributed by atoms with Crippen molar-refractivity contribution in [3.63, 3.8) is 0 Å². The summed E-state index contributed by atoms with van der Waals surface area (Å²) < 4.78 is 32.5. The zero-order chi connectivity index (χ0) is 18.9. The normalized spacial score (nSPS) is 12.0. The first kappa shape index (κ1) is 27.0. The summed E-state index contributed by atoms with van der Waals surface area (Å²) in [6.07, 6.45) is 0. The molecule has 0 aliphatic heterocycles. The largest absolute Gasteiger partial charge is 0.516 e. The van der Waals surface area contributed by atoms with E-state index in [9.17, 15) is 0 Å². The lowest BCUT2D eigenvalue weighted by molar-refractivity contribution is 0.0761. The Morgan fingerprint density at radius 1 is 0.458 bits per heavy atom. The van der Waals surface area contributed by atoms with Gasteiger partial charge in [0.2, 0.25) is 0 Å². The molecule has 24 heavy (non-hydrogen) atoms. The zero-order valence-electron chi connectivity index (χ0n) is 15.9. The zero-order valence-corrected chi connectivity index (χ0v) is 19.4. The van der Waals surface area contributed by atoms with E-state index in [1.807, 2.05) is 41.5 Å². The predicted molar refractivity (Wildman–Crippen MR) is 103 cm³/mol. The highest BCUT2D eigenvalue weighted by atomic mass is 35.5. The van der Waals surface area contributed by atoms with Crippen LogP contribution in [0.25, 0.3) is 0 Å². The minimum atomic E-state index is -2.50. The smallest absolute Gasteiger partial charge is 0.373 e. The van der Waals surface area contributed by atoms with Gasteiger partial charge in [0.15, 0.2) is 0 Å². The second-order valence-corrected chi connectivity index (χ2v) is 10.8. The van der Waals surface area contributed by atoms with Crippen LogP contribution in [0.1, 0.15) is 41.5 Å². The molecule has 0 aromatic carbocycles. The van der Waals surface area contributed by atoms with Gasteiger partial charge in [0, 0.05) is 39.6 Å². The van der Waals surface area contributed by atoms with Crippen molar-refractivity contribution in [2.45, 2.75) is 41.5 Å². The van der Waals surface area contributed by atoms with E-state index in [0.29, 0.717) is 50.6 Å². The van der Waals surface area contributed by atoms with Crippen LogP contribution < -0.4 is 0 Å². The third-order valence-corrected chi connectivity index (χ3v) is 9.50. The summed E-state index contributed by atoms with van der Waals surface area (Å²) >= 11 is 11.5. The highest BCUT2D eigenvalue weighted by molar-refractivity contribution is 6.69. The lowest BCUT2D eigenvalue weighted by atomic mass is 10.9. The lowest BCUT2D eigenvalue weighted by Crippen LogP contribution is -2.48. The third-order valence-electron chi connectivity index (χ3n) is 2.51. The summed E-state index contributed by atoms with van der Waals surface area (Å²) in [6.45, 7) is 14.9. The molecule has 0 spiro atoms. The van der Waals surface area contributed by atoms with Crippen LogP contribution in [0.3, 0.4) is 0 Å². The fraction of sp³-hybridized carbons (Fsp3) is 1.00. The van der Waals surface area contributed by atoms with Crippen LogP contribution in [0.2, 0.25) is 0 Å². The minimum Gasteiger partial charge on any atom is -0.373 e. The molecule has 0 aliphatic rings. The van der Waals surface area contributed by atoms with Crippen molar-refractivity contribution in [2.75, 3.05) is 50.6 Å². The van der Waals surface area contributed by atoms with Gasteiger partial charge in [-0.3, -0.25) is 0 Å². The monoisotopic (exact) mass is 424 g/mol. The molecule has 0 radical (unpaired) electrons. The molecule has 0 atom stereocenters. The van der Waals surface area contributed by atoms with E-state index in [1.165, 1.54) is 0 Å². The lowest BCUT2D eigenvalue weighted by Gasteiger charge is -2.25. The average molecular weight is 425 g/mol. The first-order valence-electron chi connectivity index (χ1n) is 8.44. The van der Waals surface area contributed by atoms with Gasteiger partial charge in [0.1, 0.15) is 0 Å². The van der Waals surface area contributed by atoms with Crippen LogP contribution >= 0.6 is 23.2 Å². The molecule has 148 valence electrons. The molecule has 0 rings (SSSR count). The Labute approximate surface area is 159 Å². The summed E-state index contributed by atoms with van der Waals surface area (Å²) in [5.41, 5.74) is 0.644. The third kappa shape index (κ3) is 11.4. The Kier molecular flexibility index (Phi) is 19.3. The molecule has 0 N–H and O–H groups in total. The van der Waals surface area contributed by atoms with Crippen molar-refractivity contribution >= 4 is 40.8 Å². The standard InChI is InChI=1S/2C7H17ClO3Si/c2*1-4-9-12(7-8,10-5-2)11-6-3/h2*4-7H2,1-3H3. The Morgan fingerprint density at radius 3 is 0.708 bits per heavy atom. The van der Waals surface area contributed by atoms with E-state index in [1.54, 1.807) is 0 Å². The van der Waals surface area contributed by atoms with E-state index < -0.39 is 17.6 Å². The molecule has 0 heterocycles. The van der Waals surface area contributed by atoms with Crippen LogP contribution in [0.4, 0.5) is 0 Å². The predicted octanol–water partition coefficient (Wildman–Crippen LogP) is 3.63. The Hall–Kier alpha value is 0.774. The average Bonchev–Trinajstić information content (AvgIpc) is 2.56. The summed E-state index contributed by atoms with van der Waals surface area (Å²) in [4.78, 5) is 0. The number of rotatable bonds is 14. The Balaban J connectivity index is 0. The summed E-state index contributed by atoms with van der Waals surface area (Å²) in [7, 11) is -5.01. The first-order chi connectivity index (χ1) is 11.5. The molecule has 0 saturated heterocycles. The van der Waals surface area contributed by atoms with E-state index in [2.05, 4.69) is 0 Å². The van der Waals surface area contributed by atoms with E-state index in [0.717, 1.165) is 0 Å². The van der Waals surface area contributed by atoms with Crippen LogP contribution in [-0.4, -0.2) is 68.3 Å². The van der Waals surface area contributed by atoms with Crippen LogP contribution in [0.15, 0.2) is 0 Å². The Morgan fingerprint density at radius 2 is 0.625 bits per heavy atom. The summed E-state index contributed by atoms with van der Waals surface area (Å²) in [5.74, 6) is 0. The maximum Gasteiger partial charge on any atom is 0.516 e. The van der Waals surface area contributed by atoms with Gasteiger partial charge in [0.25, 0.3) is 0 Å². The van der Waals surface area contributed by atoms with Gasteiger partial charge in [-0.1, -0.05) is 0 Å². The van der Waals surface area contributed by atoms with Crippen molar-refractivity contribution in [3.8, 4) is 0 Å². The van der Waals surface area contributed by atoms with Gasteiger partial charge in [-0.2, -0.15) is 0 Å². The van der Waals surface area contributed by atoms with Gasteiger partial charge < -0.3 is 26.6 Å². The molecular formula is C14H34Cl2O6Si2. The molecule has 0 saturated carbocycles. The topological polar surface area (TPSA) is 55.4 Å². The molecule has 0 unspecified atom stereocenters. The molecule has 0 aromatic rings. The SMILES string of the molecule is CCO[Si](CCl)(OCC)OCC.CCO[Si](CCl)(OCC)OCC. The molecule has 0 bridgehead atoms. The van der Waals surface area contributed by atoms with E-state index in [4.69, 9.17) is 49.8 Å². The van der Waals surface area contributed by atoms with E-state index >= 15 is 0 Å². The van der Waals surface area contributed by atoms with Gasteiger partial charge in [-0.05, 0) is 41.5 Å². The number of alkyl halides is 2. The fourth-order valence-electron chi connectivity index (χ4n) is 1.80. The van der Waals surface area contributed by atoms with Gasteiger partial charge in [-0.15, -0.1) is 23.2 Å². The maximum absolute atomic E-state index is 5.75. The fourth-order valence-corrected chi connectivity index (χ4v) is 6.79. The van der Waals surface area contributed by atoms with Crippen LogP contribution in [0.5, 0.6) is 0 Å². The highest BCUT2D eigenvalue weighted by Crippen LogP contribution is 2.12. The van der Waals surface area contributed by atoms with Crippen molar-refractivity contribution < 1.29 is 26.6 Å². The molecule has 6 nitrogen and oxygen atoms in total. The highest BCUT2D eigenvalue weighted by Gasteiger charge is 2.40. The number of hydrogen-bond donors (Lipinski definition) is 0. The quantitative estimate of drug-likeness (QED) is 0.313. The van der Waals surface area contributed by atoms with Crippen molar-refractivity contribution in [3.05, 3.63) is 0 Å². The molecule has 0 amide bonds. The minimum absolute atomic E-state index is 0.322. The molecule has 0 aliphatic carbocycles. The molecule has 10 heteroatoms. The van der Waals surface area contributed by atoms with Crippen molar-refractivity contribution in [1.82, 2.24) is 0 Å². The Bertz CT molecular complexity index is 218. The number of hydrogen-bond acceptors (Lipinski definition) is 6. The summed E-state index contributed by atoms with van der Waals surface area (Å²) in [6, 6.07) is 0. The van der Waals surface area contributed by atoms with Crippen LogP contribution in [0, 0.1) is 0 Å². The second-order valence-electron chi connectivity index (χ2n) is 4.23. The van der Waals surface area contributed by atoms with Gasteiger partial charge in [-0.25, -0.2) is 0 Å². The summed E-state index contributed by atoms with van der Waals surface area (Å²) in [5, 5.41) is 0. The van der Waals surface area contributed by atoms with Crippen LogP contribution in [-0.2, 0) is 26.6 Å².